The first-order chi connectivity index (χ1) is 30.7. The largest absolute Gasteiger partial charge is 0.456 e. The van der Waals surface area contributed by atoms with Gasteiger partial charge in [-0.25, -0.2) is 0 Å². The zero-order valence-corrected chi connectivity index (χ0v) is 33.9. The van der Waals surface area contributed by atoms with Gasteiger partial charge in [-0.3, -0.25) is 0 Å². The highest BCUT2D eigenvalue weighted by Crippen LogP contribution is 2.42. The van der Waals surface area contributed by atoms with E-state index in [2.05, 4.69) is 229 Å². The number of rotatable bonds is 7. The number of para-hydroxylation sites is 1. The molecule has 0 saturated heterocycles. The Hall–Kier alpha value is -8.20. The number of hydrogen-bond acceptors (Lipinski definition) is 2. The van der Waals surface area contributed by atoms with Crippen LogP contribution in [0.1, 0.15) is 0 Å². The molecule has 1 heterocycles. The standard InChI is InChI=1S/C60H39NO/c1-3-18-52-43(11-1)13-9-21-54(52)47-14-7-16-50(37-47)61(51-17-8-15-48(38-51)55-22-10-24-59-60(55)56-20-5-6-23-58(56)62-59)49-35-33-41(34-36-49)40-25-27-42(28-26-40)46-32-31-45-30-29-44-12-2-4-19-53(44)57(45)39-46/h1-39H. The summed E-state index contributed by atoms with van der Waals surface area (Å²) in [6.45, 7) is 0. The van der Waals surface area contributed by atoms with Gasteiger partial charge in [0.1, 0.15) is 11.2 Å². The van der Waals surface area contributed by atoms with Crippen molar-refractivity contribution in [3.8, 4) is 44.5 Å². The molecule has 0 aliphatic rings. The average molecular weight is 790 g/mol. The van der Waals surface area contributed by atoms with Crippen molar-refractivity contribution in [2.24, 2.45) is 0 Å². The number of fused-ring (bicyclic) bond motifs is 7. The molecule has 0 unspecified atom stereocenters. The Morgan fingerprint density at radius 3 is 1.48 bits per heavy atom. The molecule has 0 radical (unpaired) electrons. The van der Waals surface area contributed by atoms with Crippen LogP contribution in [0.3, 0.4) is 0 Å². The van der Waals surface area contributed by atoms with Crippen LogP contribution in [0.25, 0.3) is 98.8 Å². The van der Waals surface area contributed by atoms with Gasteiger partial charge < -0.3 is 9.32 Å². The van der Waals surface area contributed by atoms with Crippen LogP contribution >= 0.6 is 0 Å². The lowest BCUT2D eigenvalue weighted by Crippen LogP contribution is -2.10. The van der Waals surface area contributed by atoms with Crippen LogP contribution in [0.5, 0.6) is 0 Å². The predicted molar refractivity (Wildman–Crippen MR) is 263 cm³/mol. The lowest BCUT2D eigenvalue weighted by atomic mass is 9.96. The Morgan fingerprint density at radius 1 is 0.258 bits per heavy atom. The smallest absolute Gasteiger partial charge is 0.136 e. The highest BCUT2D eigenvalue weighted by atomic mass is 16.3. The first-order valence-electron chi connectivity index (χ1n) is 21.2. The summed E-state index contributed by atoms with van der Waals surface area (Å²) in [5, 5.41) is 9.82. The zero-order valence-electron chi connectivity index (χ0n) is 33.9. The Balaban J connectivity index is 0.938. The third-order valence-corrected chi connectivity index (χ3v) is 12.4. The molecule has 0 amide bonds. The molecule has 0 aliphatic heterocycles. The predicted octanol–water partition coefficient (Wildman–Crippen LogP) is 17.2. The van der Waals surface area contributed by atoms with Crippen molar-refractivity contribution < 1.29 is 4.42 Å². The summed E-state index contributed by atoms with van der Waals surface area (Å²) in [7, 11) is 0. The molecule has 0 atom stereocenters. The van der Waals surface area contributed by atoms with Gasteiger partial charge in [0, 0.05) is 27.8 Å². The third kappa shape index (κ3) is 6.20. The number of anilines is 3. The molecule has 290 valence electrons. The van der Waals surface area contributed by atoms with Gasteiger partial charge in [0.05, 0.1) is 0 Å². The van der Waals surface area contributed by atoms with E-state index in [0.29, 0.717) is 0 Å². The number of benzene rings is 11. The highest BCUT2D eigenvalue weighted by Gasteiger charge is 2.18. The van der Waals surface area contributed by atoms with Crippen molar-refractivity contribution in [1.82, 2.24) is 0 Å². The molecule has 2 heteroatoms. The lowest BCUT2D eigenvalue weighted by Gasteiger charge is -2.27. The Bertz CT molecular complexity index is 3630. The molecule has 0 bridgehead atoms. The van der Waals surface area contributed by atoms with Crippen LogP contribution in [-0.4, -0.2) is 0 Å². The minimum absolute atomic E-state index is 0.892. The van der Waals surface area contributed by atoms with E-state index in [4.69, 9.17) is 4.42 Å². The number of hydrogen-bond donors (Lipinski definition) is 0. The topological polar surface area (TPSA) is 16.4 Å². The fourth-order valence-corrected chi connectivity index (χ4v) is 9.40. The van der Waals surface area contributed by atoms with Gasteiger partial charge >= 0.3 is 0 Å². The van der Waals surface area contributed by atoms with E-state index in [-0.39, 0.29) is 0 Å². The van der Waals surface area contributed by atoms with Crippen molar-refractivity contribution >= 4 is 71.3 Å². The van der Waals surface area contributed by atoms with E-state index in [0.717, 1.165) is 50.1 Å². The van der Waals surface area contributed by atoms with Gasteiger partial charge in [0.25, 0.3) is 0 Å². The first kappa shape index (κ1) is 35.7. The monoisotopic (exact) mass is 789 g/mol. The van der Waals surface area contributed by atoms with E-state index in [1.165, 1.54) is 65.7 Å². The molecule has 0 N–H and O–H groups in total. The second-order valence-electron chi connectivity index (χ2n) is 16.1. The van der Waals surface area contributed by atoms with Crippen LogP contribution < -0.4 is 4.90 Å². The second-order valence-corrected chi connectivity index (χ2v) is 16.1. The Labute approximate surface area is 360 Å². The molecule has 62 heavy (non-hydrogen) atoms. The first-order valence-corrected chi connectivity index (χ1v) is 21.2. The van der Waals surface area contributed by atoms with Gasteiger partial charge in [-0.05, 0) is 131 Å². The zero-order chi connectivity index (χ0) is 41.0. The molecule has 0 fully saturated rings. The van der Waals surface area contributed by atoms with Crippen LogP contribution in [0.4, 0.5) is 17.1 Å². The van der Waals surface area contributed by atoms with Crippen molar-refractivity contribution in [3.63, 3.8) is 0 Å². The summed E-state index contributed by atoms with van der Waals surface area (Å²) in [4.78, 5) is 2.38. The van der Waals surface area contributed by atoms with Gasteiger partial charge in [0.2, 0.25) is 0 Å². The molecule has 0 saturated carbocycles. The molecule has 0 aliphatic carbocycles. The summed E-state index contributed by atoms with van der Waals surface area (Å²) in [6, 6.07) is 85.5. The summed E-state index contributed by atoms with van der Waals surface area (Å²) in [5.74, 6) is 0. The van der Waals surface area contributed by atoms with E-state index in [9.17, 15) is 0 Å². The normalized spacial score (nSPS) is 11.5. The highest BCUT2D eigenvalue weighted by molar-refractivity contribution is 6.13. The van der Waals surface area contributed by atoms with E-state index in [1.54, 1.807) is 0 Å². The van der Waals surface area contributed by atoms with Crippen LogP contribution in [0, 0.1) is 0 Å². The van der Waals surface area contributed by atoms with E-state index < -0.39 is 0 Å². The minimum atomic E-state index is 0.892. The SMILES string of the molecule is c1cc(-c2cccc3ccccc23)cc(N(c2ccc(-c3ccc(-c4ccc5ccc6ccccc6c5c4)cc3)cc2)c2cccc(-c3cccc4oc5ccccc5c34)c2)c1. The molecular weight excluding hydrogens is 751 g/mol. The molecule has 12 aromatic rings. The van der Waals surface area contributed by atoms with Crippen LogP contribution in [-0.2, 0) is 0 Å². The molecule has 1 aromatic heterocycles. The van der Waals surface area contributed by atoms with Crippen molar-refractivity contribution in [1.29, 1.82) is 0 Å². The maximum absolute atomic E-state index is 6.31. The van der Waals surface area contributed by atoms with Crippen molar-refractivity contribution in [2.45, 2.75) is 0 Å². The maximum Gasteiger partial charge on any atom is 0.136 e. The van der Waals surface area contributed by atoms with E-state index >= 15 is 0 Å². The molecular formula is C60H39NO. The fraction of sp³-hybridized carbons (Fsp3) is 0. The molecule has 0 spiro atoms. The van der Waals surface area contributed by atoms with E-state index in [1.807, 2.05) is 12.1 Å². The Morgan fingerprint density at radius 2 is 0.742 bits per heavy atom. The summed E-state index contributed by atoms with van der Waals surface area (Å²) in [5.41, 5.74) is 14.5. The van der Waals surface area contributed by atoms with Gasteiger partial charge in [0.15, 0.2) is 0 Å². The third-order valence-electron chi connectivity index (χ3n) is 12.4. The summed E-state index contributed by atoms with van der Waals surface area (Å²) in [6.07, 6.45) is 0. The maximum atomic E-state index is 6.31. The molecule has 12 rings (SSSR count). The second kappa shape index (κ2) is 14.8. The summed E-state index contributed by atoms with van der Waals surface area (Å²) >= 11 is 0. The molecule has 2 nitrogen and oxygen atoms in total. The van der Waals surface area contributed by atoms with Crippen LogP contribution in [0.15, 0.2) is 241 Å². The van der Waals surface area contributed by atoms with Gasteiger partial charge in [-0.1, -0.05) is 182 Å². The van der Waals surface area contributed by atoms with Crippen molar-refractivity contribution in [2.75, 3.05) is 4.90 Å². The van der Waals surface area contributed by atoms with Gasteiger partial charge in [-0.2, -0.15) is 0 Å². The fourth-order valence-electron chi connectivity index (χ4n) is 9.40. The quantitative estimate of drug-likeness (QED) is 0.150. The number of furan rings is 1. The van der Waals surface area contributed by atoms with Crippen molar-refractivity contribution in [3.05, 3.63) is 237 Å². The average Bonchev–Trinajstić information content (AvgIpc) is 3.73. The number of nitrogens with zero attached hydrogens (tertiary/aromatic N) is 1. The van der Waals surface area contributed by atoms with Crippen LogP contribution in [0.2, 0.25) is 0 Å². The van der Waals surface area contributed by atoms with Gasteiger partial charge in [-0.15, -0.1) is 0 Å². The lowest BCUT2D eigenvalue weighted by molar-refractivity contribution is 0.669. The minimum Gasteiger partial charge on any atom is -0.456 e. The molecule has 11 aromatic carbocycles. The Kier molecular flexibility index (Phi) is 8.53. The summed E-state index contributed by atoms with van der Waals surface area (Å²) < 4.78 is 6.31.